The molecule has 0 aliphatic heterocycles. The number of hydrogen-bond donors (Lipinski definition) is 2. The van der Waals surface area contributed by atoms with Gasteiger partial charge in [-0.15, -0.1) is 0 Å². The molecule has 10 heteroatoms. The first-order valence-corrected chi connectivity index (χ1v) is 8.61. The number of H-pyrrole nitrogens is 1. The first-order valence-electron chi connectivity index (χ1n) is 8.61. The lowest BCUT2D eigenvalue weighted by molar-refractivity contribution is -0.137. The van der Waals surface area contributed by atoms with Gasteiger partial charge in [-0.2, -0.15) is 13.2 Å². The summed E-state index contributed by atoms with van der Waals surface area (Å²) in [7, 11) is 1.28. The van der Waals surface area contributed by atoms with E-state index in [1.165, 1.54) is 19.2 Å². The SMILES string of the molecule is CCCCn1c(N)c(N(C)C(=O)Cc2cccc(C(F)(F)F)c2)c(=O)[nH]c1=O. The number of unbranched alkanes of at least 4 members (excludes halogenated alkanes) is 1. The summed E-state index contributed by atoms with van der Waals surface area (Å²) in [6, 6.07) is 4.37. The lowest BCUT2D eigenvalue weighted by Crippen LogP contribution is -2.39. The number of benzene rings is 1. The molecule has 0 bridgehead atoms. The van der Waals surface area contributed by atoms with Gasteiger partial charge in [0.05, 0.1) is 12.0 Å². The van der Waals surface area contributed by atoms with Gasteiger partial charge in [-0.1, -0.05) is 31.5 Å². The molecule has 0 atom stereocenters. The van der Waals surface area contributed by atoms with Gasteiger partial charge in [0.15, 0.2) is 5.69 Å². The largest absolute Gasteiger partial charge is 0.416 e. The van der Waals surface area contributed by atoms with Crippen LogP contribution in [-0.2, 0) is 23.9 Å². The number of aromatic nitrogens is 2. The van der Waals surface area contributed by atoms with Gasteiger partial charge in [0.1, 0.15) is 5.82 Å². The van der Waals surface area contributed by atoms with Crippen LogP contribution in [0.4, 0.5) is 24.7 Å². The van der Waals surface area contributed by atoms with Crippen molar-refractivity contribution in [3.63, 3.8) is 0 Å². The topological polar surface area (TPSA) is 101 Å². The molecule has 3 N–H and O–H groups in total. The maximum Gasteiger partial charge on any atom is 0.416 e. The second-order valence-electron chi connectivity index (χ2n) is 6.33. The quantitative estimate of drug-likeness (QED) is 0.778. The Morgan fingerprint density at radius 3 is 2.57 bits per heavy atom. The lowest BCUT2D eigenvalue weighted by Gasteiger charge is -2.20. The Bertz CT molecular complexity index is 979. The second kappa shape index (κ2) is 8.32. The van der Waals surface area contributed by atoms with Crippen molar-refractivity contribution < 1.29 is 18.0 Å². The number of carbonyl (C=O) groups is 1. The number of likely N-dealkylation sites (N-methyl/N-ethyl adjacent to an activating group) is 1. The Hall–Kier alpha value is -3.04. The molecule has 2 rings (SSSR count). The highest BCUT2D eigenvalue weighted by molar-refractivity contribution is 5.96. The van der Waals surface area contributed by atoms with Crippen molar-refractivity contribution in [2.75, 3.05) is 17.7 Å². The number of nitrogen functional groups attached to an aromatic ring is 1. The molecule has 152 valence electrons. The summed E-state index contributed by atoms with van der Waals surface area (Å²) in [6.07, 6.45) is -3.48. The molecule has 1 aromatic carbocycles. The molecule has 1 heterocycles. The minimum Gasteiger partial charge on any atom is -0.383 e. The zero-order valence-corrected chi connectivity index (χ0v) is 15.5. The Morgan fingerprint density at radius 1 is 1.29 bits per heavy atom. The number of alkyl halides is 3. The highest BCUT2D eigenvalue weighted by atomic mass is 19.4. The van der Waals surface area contributed by atoms with E-state index in [9.17, 15) is 27.6 Å². The van der Waals surface area contributed by atoms with Crippen molar-refractivity contribution >= 4 is 17.4 Å². The van der Waals surface area contributed by atoms with Crippen molar-refractivity contribution in [1.82, 2.24) is 9.55 Å². The van der Waals surface area contributed by atoms with E-state index < -0.39 is 28.9 Å². The molecule has 0 aliphatic rings. The van der Waals surface area contributed by atoms with Gasteiger partial charge in [-0.05, 0) is 18.1 Å². The Kier molecular flexibility index (Phi) is 6.32. The molecule has 0 fully saturated rings. The number of carbonyl (C=O) groups excluding carboxylic acids is 1. The number of amides is 1. The number of nitrogens with two attached hydrogens (primary N) is 1. The summed E-state index contributed by atoms with van der Waals surface area (Å²) in [5.74, 6) is -0.806. The maximum atomic E-state index is 12.8. The van der Waals surface area contributed by atoms with Gasteiger partial charge in [0.25, 0.3) is 5.56 Å². The van der Waals surface area contributed by atoms with Gasteiger partial charge in [-0.3, -0.25) is 19.1 Å². The van der Waals surface area contributed by atoms with E-state index in [4.69, 9.17) is 5.73 Å². The average molecular weight is 398 g/mol. The smallest absolute Gasteiger partial charge is 0.383 e. The van der Waals surface area contributed by atoms with Gasteiger partial charge in [0, 0.05) is 13.6 Å². The third-order valence-corrected chi connectivity index (χ3v) is 4.27. The highest BCUT2D eigenvalue weighted by Gasteiger charge is 2.30. The van der Waals surface area contributed by atoms with E-state index in [1.807, 2.05) is 6.92 Å². The standard InChI is InChI=1S/C18H21F3N4O3/c1-3-4-8-25-15(22)14(16(27)23-17(25)28)24(2)13(26)10-11-6-5-7-12(9-11)18(19,20)21/h5-7,9H,3-4,8,10,22H2,1-2H3,(H,23,27,28). The number of rotatable bonds is 6. The summed E-state index contributed by atoms with van der Waals surface area (Å²) in [5, 5.41) is 0. The third-order valence-electron chi connectivity index (χ3n) is 4.27. The number of halogens is 3. The zero-order chi connectivity index (χ0) is 21.1. The molecule has 1 amide bonds. The van der Waals surface area contributed by atoms with Crippen molar-refractivity contribution in [2.24, 2.45) is 0 Å². The lowest BCUT2D eigenvalue weighted by atomic mass is 10.1. The van der Waals surface area contributed by atoms with Crippen molar-refractivity contribution in [3.05, 3.63) is 56.2 Å². The Balaban J connectivity index is 2.33. The van der Waals surface area contributed by atoms with Crippen LogP contribution >= 0.6 is 0 Å². The van der Waals surface area contributed by atoms with E-state index in [0.29, 0.717) is 6.42 Å². The second-order valence-corrected chi connectivity index (χ2v) is 6.33. The van der Waals surface area contributed by atoms with Crippen LogP contribution in [0.1, 0.15) is 30.9 Å². The van der Waals surface area contributed by atoms with Crippen LogP contribution in [0.2, 0.25) is 0 Å². The van der Waals surface area contributed by atoms with Gasteiger partial charge in [0.2, 0.25) is 5.91 Å². The summed E-state index contributed by atoms with van der Waals surface area (Å²) in [6.45, 7) is 2.18. The number of hydrogen-bond acceptors (Lipinski definition) is 4. The summed E-state index contributed by atoms with van der Waals surface area (Å²) in [5.41, 5.74) is 3.47. The van der Waals surface area contributed by atoms with Crippen molar-refractivity contribution in [1.29, 1.82) is 0 Å². The molecule has 0 saturated carbocycles. The Morgan fingerprint density at radius 2 is 1.96 bits per heavy atom. The fourth-order valence-corrected chi connectivity index (χ4v) is 2.72. The fourth-order valence-electron chi connectivity index (χ4n) is 2.72. The van der Waals surface area contributed by atoms with Gasteiger partial charge >= 0.3 is 11.9 Å². The summed E-state index contributed by atoms with van der Waals surface area (Å²) < 4.78 is 39.6. The molecular formula is C18H21F3N4O3. The average Bonchev–Trinajstić information content (AvgIpc) is 2.60. The molecule has 1 aromatic heterocycles. The number of nitrogens with one attached hydrogen (secondary N) is 1. The predicted octanol–water partition coefficient (Wildman–Crippen LogP) is 2.14. The molecule has 0 saturated heterocycles. The monoisotopic (exact) mass is 398 g/mol. The van der Waals surface area contributed by atoms with Crippen LogP contribution in [0.25, 0.3) is 0 Å². The van der Waals surface area contributed by atoms with E-state index >= 15 is 0 Å². The van der Waals surface area contributed by atoms with E-state index in [-0.39, 0.29) is 30.0 Å². The number of nitrogens with zero attached hydrogens (tertiary/aromatic N) is 2. The molecule has 28 heavy (non-hydrogen) atoms. The normalized spacial score (nSPS) is 11.5. The number of aromatic amines is 1. The molecule has 7 nitrogen and oxygen atoms in total. The Labute approximate surface area is 158 Å². The van der Waals surface area contributed by atoms with Gasteiger partial charge < -0.3 is 10.6 Å². The van der Waals surface area contributed by atoms with E-state index in [1.54, 1.807) is 0 Å². The van der Waals surface area contributed by atoms with Gasteiger partial charge in [-0.25, -0.2) is 4.79 Å². The highest BCUT2D eigenvalue weighted by Crippen LogP contribution is 2.29. The molecule has 0 spiro atoms. The van der Waals surface area contributed by atoms with E-state index in [0.717, 1.165) is 28.0 Å². The van der Waals surface area contributed by atoms with Crippen LogP contribution in [0, 0.1) is 0 Å². The molecule has 0 unspecified atom stereocenters. The minimum absolute atomic E-state index is 0.140. The molecule has 2 aromatic rings. The summed E-state index contributed by atoms with van der Waals surface area (Å²) in [4.78, 5) is 39.7. The van der Waals surface area contributed by atoms with Crippen LogP contribution in [-0.4, -0.2) is 22.5 Å². The number of anilines is 2. The molecular weight excluding hydrogens is 377 g/mol. The van der Waals surface area contributed by atoms with Crippen molar-refractivity contribution in [2.45, 2.75) is 38.9 Å². The fraction of sp³-hybridized carbons (Fsp3) is 0.389. The van der Waals surface area contributed by atoms with Crippen LogP contribution in [0.3, 0.4) is 0 Å². The zero-order valence-electron chi connectivity index (χ0n) is 15.5. The van der Waals surface area contributed by atoms with Crippen LogP contribution in [0.15, 0.2) is 33.9 Å². The molecule has 0 radical (unpaired) electrons. The molecule has 0 aliphatic carbocycles. The predicted molar refractivity (Wildman–Crippen MR) is 99.2 cm³/mol. The minimum atomic E-state index is -4.53. The van der Waals surface area contributed by atoms with E-state index in [2.05, 4.69) is 4.98 Å². The summed E-state index contributed by atoms with van der Waals surface area (Å²) >= 11 is 0. The first-order chi connectivity index (χ1) is 13.1. The maximum absolute atomic E-state index is 12.8. The third kappa shape index (κ3) is 4.62. The van der Waals surface area contributed by atoms with Crippen LogP contribution in [0.5, 0.6) is 0 Å². The van der Waals surface area contributed by atoms with Crippen molar-refractivity contribution in [3.8, 4) is 0 Å². The first kappa shape index (κ1) is 21.3. The van der Waals surface area contributed by atoms with Crippen LogP contribution < -0.4 is 21.9 Å².